The highest BCUT2D eigenvalue weighted by Gasteiger charge is 2.62. The molecule has 0 bridgehead atoms. The summed E-state index contributed by atoms with van der Waals surface area (Å²) in [4.78, 5) is 52.4. The second-order valence-corrected chi connectivity index (χ2v) is 17.8. The number of quaternary nitrogens is 1. The van der Waals surface area contributed by atoms with Gasteiger partial charge in [0, 0.05) is 12.8 Å². The standard InChI is InChI=1S/C43H85NO4P/c1-7-10-12-14-16-18-20-22-24-26-28-30-32-34-36-38-40(45)43(44(4,5)6,42(47)49(48)9-3)41(46)39-37-35-33-31-29-27-25-23-21-19-17-15-13-11-8-2/h48H,7-39H2,1-6H3/q+1. The first-order valence-electron chi connectivity index (χ1n) is 21.5. The molecule has 0 saturated heterocycles. The first kappa shape index (κ1) is 48.4. The molecule has 0 amide bonds. The summed E-state index contributed by atoms with van der Waals surface area (Å²) < 4.78 is -0.0691. The van der Waals surface area contributed by atoms with Crippen LogP contribution >= 0.6 is 8.15 Å². The van der Waals surface area contributed by atoms with Crippen LogP contribution in [-0.4, -0.2) is 59.3 Å². The number of rotatable bonds is 38. The normalized spacial score (nSPS) is 12.8. The Hall–Kier alpha value is -0.640. The SMILES string of the molecule is CCCCCCCCCCCCCCCCCC(=O)C(C(=O)CCCCCCCCCCCCCCCCC)(C(=O)P(O)CC)[N+](C)(C)C. The van der Waals surface area contributed by atoms with Gasteiger partial charge in [0.05, 0.1) is 21.1 Å². The van der Waals surface area contributed by atoms with Crippen LogP contribution in [0.5, 0.6) is 0 Å². The Kier molecular flexibility index (Phi) is 31.6. The van der Waals surface area contributed by atoms with Gasteiger partial charge in [0.25, 0.3) is 11.1 Å². The summed E-state index contributed by atoms with van der Waals surface area (Å²) in [5.74, 6) is -0.554. The number of hydrogen-bond acceptors (Lipinski definition) is 4. The summed E-state index contributed by atoms with van der Waals surface area (Å²) in [7, 11) is 3.32. The first-order valence-corrected chi connectivity index (χ1v) is 23.0. The minimum atomic E-state index is -2.03. The lowest BCUT2D eigenvalue weighted by Gasteiger charge is -2.43. The average Bonchev–Trinajstić information content (AvgIpc) is 3.07. The summed E-state index contributed by atoms with van der Waals surface area (Å²) in [5.41, 5.74) is -2.32. The number of likely N-dealkylation sites (N-methyl/N-ethyl adjacent to an activating group) is 1. The number of hydrogen-bond donors (Lipinski definition) is 1. The van der Waals surface area contributed by atoms with E-state index in [1.54, 1.807) is 28.1 Å². The van der Waals surface area contributed by atoms with E-state index < -0.39 is 19.2 Å². The summed E-state index contributed by atoms with van der Waals surface area (Å²) in [6, 6.07) is 0. The zero-order valence-corrected chi connectivity index (χ0v) is 34.8. The Bertz CT molecular complexity index is 762. The van der Waals surface area contributed by atoms with E-state index in [1.807, 2.05) is 0 Å². The Morgan fingerprint density at radius 2 is 0.653 bits per heavy atom. The zero-order valence-electron chi connectivity index (χ0n) is 33.9. The molecule has 0 fully saturated rings. The van der Waals surface area contributed by atoms with E-state index in [-0.39, 0.29) is 35.1 Å². The third-order valence-corrected chi connectivity index (χ3v) is 12.1. The average molecular weight is 711 g/mol. The molecule has 0 radical (unpaired) electrons. The highest BCUT2D eigenvalue weighted by molar-refractivity contribution is 7.70. The molecular weight excluding hydrogens is 625 g/mol. The second-order valence-electron chi connectivity index (χ2n) is 16.0. The molecule has 0 aromatic carbocycles. The van der Waals surface area contributed by atoms with Gasteiger partial charge in [0.1, 0.15) is 8.15 Å². The van der Waals surface area contributed by atoms with Crippen molar-refractivity contribution in [3.63, 3.8) is 0 Å². The molecule has 1 N–H and O–H groups in total. The van der Waals surface area contributed by atoms with Crippen LogP contribution in [0, 0.1) is 0 Å². The third kappa shape index (κ3) is 22.1. The molecule has 0 aliphatic heterocycles. The predicted molar refractivity (Wildman–Crippen MR) is 215 cm³/mol. The fourth-order valence-corrected chi connectivity index (χ4v) is 8.65. The maximum atomic E-state index is 14.0. The van der Waals surface area contributed by atoms with Gasteiger partial charge in [-0.2, -0.15) is 0 Å². The molecule has 0 aromatic heterocycles. The molecule has 5 nitrogen and oxygen atoms in total. The van der Waals surface area contributed by atoms with Gasteiger partial charge in [0.15, 0.2) is 0 Å². The molecule has 290 valence electrons. The summed E-state index contributed by atoms with van der Waals surface area (Å²) >= 11 is 0. The molecule has 1 atom stereocenters. The van der Waals surface area contributed by atoms with E-state index in [4.69, 9.17) is 0 Å². The van der Waals surface area contributed by atoms with E-state index in [0.717, 1.165) is 25.7 Å². The Morgan fingerprint density at radius 1 is 0.429 bits per heavy atom. The fraction of sp³-hybridized carbons (Fsp3) is 0.930. The topological polar surface area (TPSA) is 71.4 Å². The van der Waals surface area contributed by atoms with Crippen LogP contribution in [0.1, 0.15) is 226 Å². The number of carbonyl (C=O) groups excluding carboxylic acids is 3. The van der Waals surface area contributed by atoms with Gasteiger partial charge in [-0.3, -0.25) is 14.4 Å². The molecule has 0 aliphatic rings. The lowest BCUT2D eigenvalue weighted by atomic mass is 9.82. The highest BCUT2D eigenvalue weighted by Crippen LogP contribution is 2.42. The van der Waals surface area contributed by atoms with Crippen LogP contribution in [0.25, 0.3) is 0 Å². The van der Waals surface area contributed by atoms with Crippen LogP contribution in [0.15, 0.2) is 0 Å². The van der Waals surface area contributed by atoms with Crippen LogP contribution in [0.4, 0.5) is 0 Å². The largest absolute Gasteiger partial charge is 0.366 e. The molecule has 0 rings (SSSR count). The maximum Gasteiger partial charge on any atom is 0.281 e. The Morgan fingerprint density at radius 3 is 0.857 bits per heavy atom. The van der Waals surface area contributed by atoms with Crippen molar-refractivity contribution < 1.29 is 23.8 Å². The fourth-order valence-electron chi connectivity index (χ4n) is 7.44. The second kappa shape index (κ2) is 32.0. The lowest BCUT2D eigenvalue weighted by Crippen LogP contribution is -2.70. The molecule has 0 heterocycles. The molecule has 0 aromatic rings. The predicted octanol–water partition coefficient (Wildman–Crippen LogP) is 13.0. The van der Waals surface area contributed by atoms with Crippen molar-refractivity contribution in [1.29, 1.82) is 0 Å². The van der Waals surface area contributed by atoms with Crippen molar-refractivity contribution in [3.05, 3.63) is 0 Å². The van der Waals surface area contributed by atoms with Gasteiger partial charge in [-0.05, 0) is 19.0 Å². The number of Topliss-reactive ketones (excluding diaryl/α,β-unsaturated/α-hetero) is 2. The lowest BCUT2D eigenvalue weighted by molar-refractivity contribution is -0.892. The molecule has 49 heavy (non-hydrogen) atoms. The highest BCUT2D eigenvalue weighted by atomic mass is 31.1. The smallest absolute Gasteiger partial charge is 0.281 e. The van der Waals surface area contributed by atoms with Crippen molar-refractivity contribution >= 4 is 25.2 Å². The molecular formula is C43H85NO4P+. The number of carbonyl (C=O) groups is 3. The van der Waals surface area contributed by atoms with E-state index in [2.05, 4.69) is 13.8 Å². The van der Waals surface area contributed by atoms with Gasteiger partial charge in [-0.25, -0.2) is 0 Å². The van der Waals surface area contributed by atoms with E-state index in [0.29, 0.717) is 12.8 Å². The minimum Gasteiger partial charge on any atom is -0.366 e. The van der Waals surface area contributed by atoms with E-state index in [9.17, 15) is 19.3 Å². The van der Waals surface area contributed by atoms with Gasteiger partial charge < -0.3 is 9.38 Å². The van der Waals surface area contributed by atoms with Crippen LogP contribution in [-0.2, 0) is 14.4 Å². The number of ketones is 2. The van der Waals surface area contributed by atoms with Gasteiger partial charge in [-0.15, -0.1) is 0 Å². The Balaban J connectivity index is 4.56. The van der Waals surface area contributed by atoms with E-state index in [1.165, 1.54) is 154 Å². The van der Waals surface area contributed by atoms with Gasteiger partial charge in [-0.1, -0.05) is 201 Å². The molecule has 1 unspecified atom stereocenters. The quantitative estimate of drug-likeness (QED) is 0.0300. The van der Waals surface area contributed by atoms with E-state index >= 15 is 0 Å². The Labute approximate surface area is 307 Å². The van der Waals surface area contributed by atoms with Gasteiger partial charge in [0.2, 0.25) is 11.6 Å². The molecule has 0 spiro atoms. The van der Waals surface area contributed by atoms with Crippen molar-refractivity contribution in [1.82, 2.24) is 0 Å². The van der Waals surface area contributed by atoms with Crippen LogP contribution in [0.2, 0.25) is 0 Å². The zero-order chi connectivity index (χ0) is 36.6. The minimum absolute atomic E-state index is 0.0691. The summed E-state index contributed by atoms with van der Waals surface area (Å²) in [5, 5.41) is 0. The van der Waals surface area contributed by atoms with Gasteiger partial charge >= 0.3 is 0 Å². The number of unbranched alkanes of at least 4 members (excludes halogenated alkanes) is 28. The van der Waals surface area contributed by atoms with Crippen LogP contribution < -0.4 is 0 Å². The van der Waals surface area contributed by atoms with Crippen LogP contribution in [0.3, 0.4) is 0 Å². The van der Waals surface area contributed by atoms with Crippen molar-refractivity contribution in [2.24, 2.45) is 0 Å². The molecule has 0 saturated carbocycles. The van der Waals surface area contributed by atoms with Crippen molar-refractivity contribution in [2.45, 2.75) is 232 Å². The number of nitrogens with zero attached hydrogens (tertiary/aromatic N) is 1. The summed E-state index contributed by atoms with van der Waals surface area (Å²) in [6.45, 7) is 6.30. The molecule has 6 heteroatoms. The third-order valence-electron chi connectivity index (χ3n) is 10.7. The first-order chi connectivity index (χ1) is 23.6. The maximum absolute atomic E-state index is 14.0. The summed E-state index contributed by atoms with van der Waals surface area (Å²) in [6.07, 6.45) is 38.2. The monoisotopic (exact) mass is 711 g/mol. The van der Waals surface area contributed by atoms with Crippen molar-refractivity contribution in [3.8, 4) is 0 Å². The van der Waals surface area contributed by atoms with Crippen molar-refractivity contribution in [2.75, 3.05) is 27.3 Å². The molecule has 0 aliphatic carbocycles.